The Morgan fingerprint density at radius 3 is 2.57 bits per heavy atom. The van der Waals surface area contributed by atoms with Crippen molar-refractivity contribution in [2.45, 2.75) is 32.8 Å². The van der Waals surface area contributed by atoms with E-state index < -0.39 is 5.97 Å². The quantitative estimate of drug-likeness (QED) is 0.427. The van der Waals surface area contributed by atoms with E-state index in [-0.39, 0.29) is 48.8 Å². The molecule has 146 valence electrons. The molecule has 1 aliphatic heterocycles. The number of hydrogen-bond acceptors (Lipinski definition) is 7. The van der Waals surface area contributed by atoms with Gasteiger partial charge in [-0.2, -0.15) is 0 Å². The molecule has 2 aromatic rings. The van der Waals surface area contributed by atoms with E-state index in [2.05, 4.69) is 4.98 Å². The van der Waals surface area contributed by atoms with Gasteiger partial charge in [0.15, 0.2) is 4.96 Å². The summed E-state index contributed by atoms with van der Waals surface area (Å²) in [5, 5.41) is 1.83. The minimum absolute atomic E-state index is 0.0166. The minimum atomic E-state index is -0.544. The van der Waals surface area contributed by atoms with Crippen molar-refractivity contribution in [2.24, 2.45) is 11.8 Å². The van der Waals surface area contributed by atoms with Gasteiger partial charge in [-0.3, -0.25) is 28.5 Å². The molecule has 0 aromatic carbocycles. The second-order valence-electron chi connectivity index (χ2n) is 6.98. The van der Waals surface area contributed by atoms with Crippen LogP contribution in [0.15, 0.2) is 28.4 Å². The van der Waals surface area contributed by atoms with Gasteiger partial charge in [0.2, 0.25) is 11.8 Å². The van der Waals surface area contributed by atoms with E-state index in [0.717, 1.165) is 5.69 Å². The van der Waals surface area contributed by atoms with Gasteiger partial charge in [-0.15, -0.1) is 11.3 Å². The summed E-state index contributed by atoms with van der Waals surface area (Å²) in [7, 11) is 0. The molecule has 0 unspecified atom stereocenters. The fraction of sp³-hybridized carbons (Fsp3) is 0.421. The van der Waals surface area contributed by atoms with Crippen LogP contribution >= 0.6 is 11.3 Å². The highest BCUT2D eigenvalue weighted by molar-refractivity contribution is 7.15. The second-order valence-corrected chi connectivity index (χ2v) is 7.81. The highest BCUT2D eigenvalue weighted by Gasteiger charge is 2.46. The Balaban J connectivity index is 1.33. The van der Waals surface area contributed by atoms with Crippen molar-refractivity contribution >= 4 is 34.1 Å². The Morgan fingerprint density at radius 2 is 1.89 bits per heavy atom. The Morgan fingerprint density at radius 1 is 1.21 bits per heavy atom. The number of allylic oxidation sites excluding steroid dienone is 2. The van der Waals surface area contributed by atoms with Crippen molar-refractivity contribution in [3.05, 3.63) is 45.3 Å². The first-order chi connectivity index (χ1) is 13.5. The molecule has 1 saturated heterocycles. The highest BCUT2D eigenvalue weighted by Crippen LogP contribution is 2.35. The molecular formula is C19H19N3O5S. The number of carbonyl (C=O) groups is 3. The highest BCUT2D eigenvalue weighted by atomic mass is 32.1. The molecule has 2 aliphatic rings. The summed E-state index contributed by atoms with van der Waals surface area (Å²) in [6.45, 7) is 1.71. The van der Waals surface area contributed by atoms with Crippen LogP contribution in [0.3, 0.4) is 0 Å². The third-order valence-corrected chi connectivity index (χ3v) is 6.09. The van der Waals surface area contributed by atoms with Crippen LogP contribution in [0.4, 0.5) is 0 Å². The summed E-state index contributed by atoms with van der Waals surface area (Å²) >= 11 is 1.34. The molecule has 0 spiro atoms. The number of ether oxygens (including phenoxy) is 1. The molecule has 28 heavy (non-hydrogen) atoms. The number of rotatable bonds is 5. The first-order valence-electron chi connectivity index (χ1n) is 9.08. The Kier molecular flexibility index (Phi) is 4.84. The van der Waals surface area contributed by atoms with Crippen LogP contribution in [-0.2, 0) is 25.7 Å². The average Bonchev–Trinajstić information content (AvgIpc) is 3.17. The molecule has 2 atom stereocenters. The first-order valence-corrected chi connectivity index (χ1v) is 9.96. The van der Waals surface area contributed by atoms with Gasteiger partial charge >= 0.3 is 5.97 Å². The summed E-state index contributed by atoms with van der Waals surface area (Å²) in [5.41, 5.74) is 0.946. The van der Waals surface area contributed by atoms with Gasteiger partial charge in [0.05, 0.1) is 24.0 Å². The number of imide groups is 1. The molecule has 9 heteroatoms. The average molecular weight is 401 g/mol. The van der Waals surface area contributed by atoms with Crippen LogP contribution in [-0.4, -0.2) is 38.6 Å². The van der Waals surface area contributed by atoms with Crippen molar-refractivity contribution in [1.82, 2.24) is 14.3 Å². The van der Waals surface area contributed by atoms with Crippen LogP contribution < -0.4 is 5.56 Å². The Bertz CT molecular complexity index is 1030. The number of thiazole rings is 1. The molecule has 1 aliphatic carbocycles. The standard InChI is InChI=1S/C19H19N3O5S/c1-11-10-28-19-20-12(8-15(23)22(11)19)9-27-16(24)6-7-21-17(25)13-4-2-3-5-14(13)18(21)26/h2-3,8,10,13-14H,4-7,9H2,1H3/t13-,14+. The largest absolute Gasteiger partial charge is 0.459 e. The van der Waals surface area contributed by atoms with Crippen LogP contribution in [0.1, 0.15) is 30.7 Å². The van der Waals surface area contributed by atoms with E-state index in [1.807, 2.05) is 24.5 Å². The molecule has 2 aromatic heterocycles. The lowest BCUT2D eigenvalue weighted by atomic mass is 9.85. The van der Waals surface area contributed by atoms with Crippen molar-refractivity contribution < 1.29 is 19.1 Å². The Labute approximate surface area is 164 Å². The van der Waals surface area contributed by atoms with Crippen molar-refractivity contribution in [3.8, 4) is 0 Å². The number of aromatic nitrogens is 2. The maximum absolute atomic E-state index is 12.4. The number of likely N-dealkylation sites (tertiary alicyclic amines) is 1. The minimum Gasteiger partial charge on any atom is -0.459 e. The lowest BCUT2D eigenvalue weighted by molar-refractivity contribution is -0.146. The SMILES string of the molecule is Cc1csc2nc(COC(=O)CCN3C(=O)[C@H]4CC=CC[C@H]4C3=O)cc(=O)n12. The fourth-order valence-corrected chi connectivity index (χ4v) is 4.58. The lowest BCUT2D eigenvalue weighted by Gasteiger charge is -2.14. The molecule has 0 N–H and O–H groups in total. The van der Waals surface area contributed by atoms with E-state index in [4.69, 9.17) is 4.74 Å². The van der Waals surface area contributed by atoms with Crippen molar-refractivity contribution in [1.29, 1.82) is 0 Å². The summed E-state index contributed by atoms with van der Waals surface area (Å²) in [6.07, 6.45) is 4.91. The predicted octanol–water partition coefficient (Wildman–Crippen LogP) is 1.45. The second kappa shape index (κ2) is 7.31. The van der Waals surface area contributed by atoms with Crippen LogP contribution in [0.2, 0.25) is 0 Å². The number of amides is 2. The van der Waals surface area contributed by atoms with Gasteiger partial charge in [-0.1, -0.05) is 12.2 Å². The van der Waals surface area contributed by atoms with Crippen molar-refractivity contribution in [2.75, 3.05) is 6.54 Å². The van der Waals surface area contributed by atoms with E-state index >= 15 is 0 Å². The van der Waals surface area contributed by atoms with E-state index in [1.54, 1.807) is 0 Å². The lowest BCUT2D eigenvalue weighted by Crippen LogP contribution is -2.33. The molecule has 0 saturated carbocycles. The Hall–Kier alpha value is -2.81. The molecule has 8 nitrogen and oxygen atoms in total. The summed E-state index contributed by atoms with van der Waals surface area (Å²) in [5.74, 6) is -1.56. The maximum atomic E-state index is 12.4. The molecule has 0 bridgehead atoms. The monoisotopic (exact) mass is 401 g/mol. The maximum Gasteiger partial charge on any atom is 0.307 e. The van der Waals surface area contributed by atoms with E-state index in [1.165, 1.54) is 26.7 Å². The number of hydrogen-bond donors (Lipinski definition) is 0. The predicted molar refractivity (Wildman–Crippen MR) is 101 cm³/mol. The van der Waals surface area contributed by atoms with Crippen LogP contribution in [0, 0.1) is 18.8 Å². The summed E-state index contributed by atoms with van der Waals surface area (Å²) in [6, 6.07) is 1.34. The van der Waals surface area contributed by atoms with Crippen molar-refractivity contribution in [3.63, 3.8) is 0 Å². The zero-order chi connectivity index (χ0) is 19.8. The van der Waals surface area contributed by atoms with Gasteiger partial charge < -0.3 is 4.74 Å². The smallest absolute Gasteiger partial charge is 0.307 e. The van der Waals surface area contributed by atoms with Gasteiger partial charge in [0, 0.05) is 23.7 Å². The zero-order valence-electron chi connectivity index (χ0n) is 15.3. The number of aryl methyl sites for hydroxylation is 1. The third kappa shape index (κ3) is 3.26. The van der Waals surface area contributed by atoms with E-state index in [0.29, 0.717) is 23.5 Å². The third-order valence-electron chi connectivity index (χ3n) is 5.15. The molecule has 3 heterocycles. The molecule has 2 amide bonds. The summed E-state index contributed by atoms with van der Waals surface area (Å²) in [4.78, 5) is 55.0. The van der Waals surface area contributed by atoms with Gasteiger partial charge in [0.1, 0.15) is 6.61 Å². The summed E-state index contributed by atoms with van der Waals surface area (Å²) < 4.78 is 6.68. The number of nitrogens with zero attached hydrogens (tertiary/aromatic N) is 3. The van der Waals surface area contributed by atoms with Gasteiger partial charge in [-0.25, -0.2) is 4.98 Å². The zero-order valence-corrected chi connectivity index (χ0v) is 16.1. The van der Waals surface area contributed by atoms with Crippen LogP contribution in [0.5, 0.6) is 0 Å². The number of fused-ring (bicyclic) bond motifs is 2. The topological polar surface area (TPSA) is 98.0 Å². The van der Waals surface area contributed by atoms with Gasteiger partial charge in [0.25, 0.3) is 5.56 Å². The molecule has 1 fully saturated rings. The van der Waals surface area contributed by atoms with Crippen LogP contribution in [0.25, 0.3) is 4.96 Å². The molecule has 0 radical (unpaired) electrons. The van der Waals surface area contributed by atoms with E-state index in [9.17, 15) is 19.2 Å². The fourth-order valence-electron chi connectivity index (χ4n) is 3.69. The first kappa shape index (κ1) is 18.5. The van der Waals surface area contributed by atoms with Gasteiger partial charge in [-0.05, 0) is 19.8 Å². The molecule has 4 rings (SSSR count). The molecular weight excluding hydrogens is 382 g/mol. The number of esters is 1. The number of carbonyl (C=O) groups excluding carboxylic acids is 3. The normalized spacial score (nSPS) is 21.4.